The van der Waals surface area contributed by atoms with Gasteiger partial charge < -0.3 is 15.0 Å². The Balaban J connectivity index is 1.95. The maximum Gasteiger partial charge on any atom is 0.142 e. The number of methoxy groups -OCH3 is 1. The van der Waals surface area contributed by atoms with Crippen molar-refractivity contribution in [3.63, 3.8) is 0 Å². The number of ether oxygens (including phenoxy) is 1. The van der Waals surface area contributed by atoms with E-state index >= 15 is 0 Å². The van der Waals surface area contributed by atoms with Gasteiger partial charge in [0.1, 0.15) is 5.75 Å². The number of nitrogens with one attached hydrogen (secondary N) is 1. The maximum atomic E-state index is 5.38. The predicted molar refractivity (Wildman–Crippen MR) is 75.0 cm³/mol. The van der Waals surface area contributed by atoms with Crippen molar-refractivity contribution in [3.8, 4) is 5.75 Å². The number of hydrogen-bond donors (Lipinski definition) is 1. The fourth-order valence-electron chi connectivity index (χ4n) is 1.81. The number of anilines is 1. The van der Waals surface area contributed by atoms with Gasteiger partial charge in [-0.2, -0.15) is 0 Å². The zero-order valence-corrected chi connectivity index (χ0v) is 12.0. The molecule has 1 N–H and O–H groups in total. The summed E-state index contributed by atoms with van der Waals surface area (Å²) >= 11 is 3.50. The number of hydrogen-bond acceptors (Lipinski definition) is 3. The van der Waals surface area contributed by atoms with Crippen molar-refractivity contribution in [2.24, 2.45) is 0 Å². The molecule has 1 aliphatic carbocycles. The standard InChI is InChI=1S/C13H19BrN2O/c1-16(8-7-15-11-4-5-11)12-9-10(14)3-6-13(12)17-2/h3,6,9,11,15H,4-5,7-8H2,1-2H3. The van der Waals surface area contributed by atoms with E-state index in [-0.39, 0.29) is 0 Å². The molecule has 0 saturated heterocycles. The molecule has 0 amide bonds. The van der Waals surface area contributed by atoms with E-state index in [0.29, 0.717) is 0 Å². The van der Waals surface area contributed by atoms with Crippen LogP contribution in [-0.2, 0) is 0 Å². The highest BCUT2D eigenvalue weighted by atomic mass is 79.9. The Bertz CT molecular complexity index is 380. The van der Waals surface area contributed by atoms with E-state index in [4.69, 9.17) is 4.74 Å². The Kier molecular flexibility index (Phi) is 4.29. The maximum absolute atomic E-state index is 5.38. The van der Waals surface area contributed by atoms with Crippen LogP contribution < -0.4 is 15.0 Å². The average Bonchev–Trinajstić information content (AvgIpc) is 3.13. The predicted octanol–water partition coefficient (Wildman–Crippen LogP) is 2.65. The molecule has 0 heterocycles. The number of benzene rings is 1. The second-order valence-electron chi connectivity index (χ2n) is 4.47. The Morgan fingerprint density at radius 2 is 2.24 bits per heavy atom. The van der Waals surface area contributed by atoms with Crippen LogP contribution in [0.25, 0.3) is 0 Å². The third-order valence-electron chi connectivity index (χ3n) is 3.01. The minimum absolute atomic E-state index is 0.771. The van der Waals surface area contributed by atoms with Gasteiger partial charge in [0.05, 0.1) is 12.8 Å². The summed E-state index contributed by atoms with van der Waals surface area (Å²) in [6.07, 6.45) is 2.67. The van der Waals surface area contributed by atoms with Gasteiger partial charge in [-0.1, -0.05) is 15.9 Å². The van der Waals surface area contributed by atoms with E-state index in [1.165, 1.54) is 12.8 Å². The van der Waals surface area contributed by atoms with Crippen molar-refractivity contribution in [2.75, 3.05) is 32.1 Å². The lowest BCUT2D eigenvalue weighted by molar-refractivity contribution is 0.414. The summed E-state index contributed by atoms with van der Waals surface area (Å²) in [6, 6.07) is 6.85. The van der Waals surface area contributed by atoms with E-state index in [9.17, 15) is 0 Å². The van der Waals surface area contributed by atoms with Crippen molar-refractivity contribution < 1.29 is 4.74 Å². The molecule has 17 heavy (non-hydrogen) atoms. The summed E-state index contributed by atoms with van der Waals surface area (Å²) in [5, 5.41) is 3.52. The second-order valence-corrected chi connectivity index (χ2v) is 5.38. The zero-order valence-electron chi connectivity index (χ0n) is 10.4. The van der Waals surface area contributed by atoms with Gasteiger partial charge in [0.15, 0.2) is 0 Å². The highest BCUT2D eigenvalue weighted by molar-refractivity contribution is 9.10. The molecule has 0 unspecified atom stereocenters. The molecular weight excluding hydrogens is 280 g/mol. The third kappa shape index (κ3) is 3.61. The van der Waals surface area contributed by atoms with Crippen LogP contribution in [0, 0.1) is 0 Å². The number of rotatable bonds is 6. The van der Waals surface area contributed by atoms with Crippen LogP contribution in [0.3, 0.4) is 0 Å². The quantitative estimate of drug-likeness (QED) is 0.874. The summed E-state index contributed by atoms with van der Waals surface area (Å²) in [7, 11) is 3.81. The smallest absolute Gasteiger partial charge is 0.142 e. The van der Waals surface area contributed by atoms with Crippen molar-refractivity contribution in [1.29, 1.82) is 0 Å². The summed E-state index contributed by atoms with van der Waals surface area (Å²) in [5.41, 5.74) is 1.12. The minimum atomic E-state index is 0.771. The van der Waals surface area contributed by atoms with E-state index < -0.39 is 0 Å². The number of halogens is 1. The summed E-state index contributed by atoms with van der Waals surface area (Å²) in [6.45, 7) is 2.01. The van der Waals surface area contributed by atoms with Crippen LogP contribution in [-0.4, -0.2) is 33.3 Å². The number of nitrogens with zero attached hydrogens (tertiary/aromatic N) is 1. The molecule has 0 bridgehead atoms. The lowest BCUT2D eigenvalue weighted by atomic mass is 10.2. The first kappa shape index (κ1) is 12.7. The second kappa shape index (κ2) is 5.74. The Morgan fingerprint density at radius 3 is 2.88 bits per heavy atom. The average molecular weight is 299 g/mol. The van der Waals surface area contributed by atoms with Gasteiger partial charge in [-0.15, -0.1) is 0 Å². The minimum Gasteiger partial charge on any atom is -0.495 e. The van der Waals surface area contributed by atoms with Crippen molar-refractivity contribution in [2.45, 2.75) is 18.9 Å². The van der Waals surface area contributed by atoms with E-state index in [1.807, 2.05) is 12.1 Å². The zero-order chi connectivity index (χ0) is 12.3. The van der Waals surface area contributed by atoms with Crippen LogP contribution in [0.1, 0.15) is 12.8 Å². The van der Waals surface area contributed by atoms with Gasteiger partial charge in [0.2, 0.25) is 0 Å². The molecule has 1 aliphatic rings. The molecule has 3 nitrogen and oxygen atoms in total. The molecule has 0 radical (unpaired) electrons. The molecule has 1 aromatic rings. The van der Waals surface area contributed by atoms with Crippen LogP contribution >= 0.6 is 15.9 Å². The molecule has 4 heteroatoms. The molecule has 1 aromatic carbocycles. The molecule has 0 spiro atoms. The van der Waals surface area contributed by atoms with Crippen LogP contribution in [0.2, 0.25) is 0 Å². The van der Waals surface area contributed by atoms with Crippen molar-refractivity contribution >= 4 is 21.6 Å². The molecule has 1 saturated carbocycles. The molecule has 0 aromatic heterocycles. The van der Waals surface area contributed by atoms with Crippen LogP contribution in [0.15, 0.2) is 22.7 Å². The van der Waals surface area contributed by atoms with E-state index in [0.717, 1.165) is 35.0 Å². The van der Waals surface area contributed by atoms with E-state index in [2.05, 4.69) is 39.3 Å². The van der Waals surface area contributed by atoms with Gasteiger partial charge in [0, 0.05) is 30.7 Å². The van der Waals surface area contributed by atoms with Crippen LogP contribution in [0.5, 0.6) is 5.75 Å². The Labute approximate surface area is 111 Å². The monoisotopic (exact) mass is 298 g/mol. The van der Waals surface area contributed by atoms with Crippen molar-refractivity contribution in [3.05, 3.63) is 22.7 Å². The molecular formula is C13H19BrN2O. The first-order valence-corrected chi connectivity index (χ1v) is 6.78. The highest BCUT2D eigenvalue weighted by Gasteiger charge is 2.20. The first-order valence-electron chi connectivity index (χ1n) is 5.99. The lowest BCUT2D eigenvalue weighted by Crippen LogP contribution is -2.30. The molecule has 2 rings (SSSR count). The fourth-order valence-corrected chi connectivity index (χ4v) is 2.15. The number of likely N-dealkylation sites (N-methyl/N-ethyl adjacent to an activating group) is 1. The van der Waals surface area contributed by atoms with Gasteiger partial charge in [-0.25, -0.2) is 0 Å². The van der Waals surface area contributed by atoms with Gasteiger partial charge in [-0.05, 0) is 31.0 Å². The highest BCUT2D eigenvalue weighted by Crippen LogP contribution is 2.30. The van der Waals surface area contributed by atoms with E-state index in [1.54, 1.807) is 7.11 Å². The molecule has 0 atom stereocenters. The molecule has 0 aliphatic heterocycles. The first-order chi connectivity index (χ1) is 8.20. The van der Waals surface area contributed by atoms with Gasteiger partial charge in [0.25, 0.3) is 0 Å². The molecule has 94 valence electrons. The largest absolute Gasteiger partial charge is 0.495 e. The summed E-state index contributed by atoms with van der Waals surface area (Å²) in [4.78, 5) is 2.22. The Hall–Kier alpha value is -0.740. The van der Waals surface area contributed by atoms with Crippen molar-refractivity contribution in [1.82, 2.24) is 5.32 Å². The van der Waals surface area contributed by atoms with Gasteiger partial charge >= 0.3 is 0 Å². The topological polar surface area (TPSA) is 24.5 Å². The van der Waals surface area contributed by atoms with Crippen LogP contribution in [0.4, 0.5) is 5.69 Å². The SMILES string of the molecule is COc1ccc(Br)cc1N(C)CCNC1CC1. The Morgan fingerprint density at radius 1 is 1.47 bits per heavy atom. The normalized spacial score (nSPS) is 14.8. The van der Waals surface area contributed by atoms with Gasteiger partial charge in [-0.3, -0.25) is 0 Å². The third-order valence-corrected chi connectivity index (χ3v) is 3.50. The summed E-state index contributed by atoms with van der Waals surface area (Å²) in [5.74, 6) is 0.919. The summed E-state index contributed by atoms with van der Waals surface area (Å²) < 4.78 is 6.46. The fraction of sp³-hybridized carbons (Fsp3) is 0.538. The molecule has 1 fully saturated rings. The lowest BCUT2D eigenvalue weighted by Gasteiger charge is -2.22.